The van der Waals surface area contributed by atoms with Crippen LogP contribution in [0.25, 0.3) is 5.69 Å². The number of piperidine rings is 1. The summed E-state index contributed by atoms with van der Waals surface area (Å²) in [5.41, 5.74) is 4.58. The summed E-state index contributed by atoms with van der Waals surface area (Å²) in [6.45, 7) is 8.11. The number of nitrogens with one attached hydrogen (secondary N) is 1. The number of aryl methyl sites for hydroxylation is 1. The lowest BCUT2D eigenvalue weighted by Gasteiger charge is -2.39. The molecule has 26 heavy (non-hydrogen) atoms. The van der Waals surface area contributed by atoms with E-state index in [9.17, 15) is 4.79 Å². The van der Waals surface area contributed by atoms with Crippen LogP contribution < -0.4 is 5.32 Å². The summed E-state index contributed by atoms with van der Waals surface area (Å²) in [4.78, 5) is 15.0. The van der Waals surface area contributed by atoms with Gasteiger partial charge in [-0.3, -0.25) is 4.79 Å². The smallest absolute Gasteiger partial charge is 0.227 e. The van der Waals surface area contributed by atoms with Gasteiger partial charge in [0.05, 0.1) is 17.8 Å². The first-order chi connectivity index (χ1) is 12.6. The lowest BCUT2D eigenvalue weighted by molar-refractivity contribution is -0.132. The number of rotatable bonds is 3. The normalized spacial score (nSPS) is 19.2. The molecular formula is C21H28N4O. The number of carbonyl (C=O) groups excluding carboxylic acids is 1. The van der Waals surface area contributed by atoms with Crippen molar-refractivity contribution in [1.82, 2.24) is 20.0 Å². The summed E-state index contributed by atoms with van der Waals surface area (Å²) in [5, 5.41) is 8.16. The van der Waals surface area contributed by atoms with Crippen LogP contribution in [0.2, 0.25) is 0 Å². The predicted molar refractivity (Wildman–Crippen MR) is 102 cm³/mol. The van der Waals surface area contributed by atoms with E-state index < -0.39 is 0 Å². The van der Waals surface area contributed by atoms with Crippen molar-refractivity contribution in [3.63, 3.8) is 0 Å². The van der Waals surface area contributed by atoms with Crippen LogP contribution in [0.3, 0.4) is 0 Å². The fraction of sp³-hybridized carbons (Fsp3) is 0.524. The number of carbonyl (C=O) groups is 1. The molecule has 0 unspecified atom stereocenters. The van der Waals surface area contributed by atoms with E-state index >= 15 is 0 Å². The maximum absolute atomic E-state index is 12.9. The van der Waals surface area contributed by atoms with Gasteiger partial charge in [-0.05, 0) is 57.2 Å². The molecule has 1 amide bonds. The van der Waals surface area contributed by atoms with Gasteiger partial charge in [-0.15, -0.1) is 0 Å². The van der Waals surface area contributed by atoms with Gasteiger partial charge in [0.25, 0.3) is 0 Å². The summed E-state index contributed by atoms with van der Waals surface area (Å²) < 4.78 is 1.95. The van der Waals surface area contributed by atoms with Gasteiger partial charge in [0, 0.05) is 30.9 Å². The third-order valence-electron chi connectivity index (χ3n) is 6.28. The predicted octanol–water partition coefficient (Wildman–Crippen LogP) is 2.63. The van der Waals surface area contributed by atoms with Crippen molar-refractivity contribution in [3.8, 4) is 5.69 Å². The second-order valence-electron chi connectivity index (χ2n) is 7.88. The summed E-state index contributed by atoms with van der Waals surface area (Å²) >= 11 is 0. The highest BCUT2D eigenvalue weighted by atomic mass is 16.2. The van der Waals surface area contributed by atoms with Gasteiger partial charge in [-0.25, -0.2) is 4.68 Å². The van der Waals surface area contributed by atoms with Gasteiger partial charge in [-0.2, -0.15) is 5.10 Å². The van der Waals surface area contributed by atoms with Crippen molar-refractivity contribution in [2.75, 3.05) is 26.2 Å². The largest absolute Gasteiger partial charge is 0.342 e. The van der Waals surface area contributed by atoms with Crippen molar-refractivity contribution >= 4 is 5.91 Å². The second-order valence-corrected chi connectivity index (χ2v) is 7.88. The van der Waals surface area contributed by atoms with Crippen molar-refractivity contribution in [3.05, 3.63) is 47.3 Å². The molecule has 3 heterocycles. The number of hydrogen-bond acceptors (Lipinski definition) is 3. The maximum atomic E-state index is 12.9. The number of benzene rings is 1. The molecule has 5 heteroatoms. The molecule has 4 rings (SSSR count). The van der Waals surface area contributed by atoms with Crippen LogP contribution >= 0.6 is 0 Å². The Balaban J connectivity index is 1.46. The molecule has 0 radical (unpaired) electrons. The number of nitrogens with zero attached hydrogens (tertiary/aromatic N) is 3. The van der Waals surface area contributed by atoms with E-state index in [-0.39, 0.29) is 5.91 Å². The van der Waals surface area contributed by atoms with Crippen molar-refractivity contribution in [2.24, 2.45) is 5.41 Å². The van der Waals surface area contributed by atoms with E-state index in [1.165, 1.54) is 6.42 Å². The molecule has 2 aromatic rings. The van der Waals surface area contributed by atoms with Gasteiger partial charge >= 0.3 is 0 Å². The third kappa shape index (κ3) is 3.16. The minimum Gasteiger partial charge on any atom is -0.342 e. The number of amides is 1. The Labute approximate surface area is 155 Å². The van der Waals surface area contributed by atoms with Gasteiger partial charge in [-0.1, -0.05) is 18.2 Å². The zero-order valence-electron chi connectivity index (χ0n) is 15.8. The van der Waals surface area contributed by atoms with E-state index in [4.69, 9.17) is 0 Å². The molecule has 1 aromatic heterocycles. The number of hydrogen-bond donors (Lipinski definition) is 1. The highest BCUT2D eigenvalue weighted by molar-refractivity contribution is 5.79. The quantitative estimate of drug-likeness (QED) is 0.924. The van der Waals surface area contributed by atoms with E-state index in [1.807, 2.05) is 41.9 Å². The third-order valence-corrected chi connectivity index (χ3v) is 6.28. The van der Waals surface area contributed by atoms with Crippen LogP contribution in [0.1, 0.15) is 36.2 Å². The average molecular weight is 352 g/mol. The minimum absolute atomic E-state index is 0.240. The Morgan fingerprint density at radius 3 is 2.54 bits per heavy atom. The molecule has 2 aliphatic rings. The Hall–Kier alpha value is -2.14. The monoisotopic (exact) mass is 352 g/mol. The van der Waals surface area contributed by atoms with Crippen molar-refractivity contribution in [1.29, 1.82) is 0 Å². The number of aromatic nitrogens is 2. The summed E-state index contributed by atoms with van der Waals surface area (Å²) in [6.07, 6.45) is 3.98. The van der Waals surface area contributed by atoms with Gasteiger partial charge in [0.15, 0.2) is 0 Å². The highest BCUT2D eigenvalue weighted by Gasteiger charge is 2.38. The fourth-order valence-corrected chi connectivity index (χ4v) is 4.47. The highest BCUT2D eigenvalue weighted by Crippen LogP contribution is 2.37. The average Bonchev–Trinajstić information content (AvgIpc) is 3.23. The molecule has 2 aliphatic heterocycles. The first-order valence-corrected chi connectivity index (χ1v) is 9.67. The summed E-state index contributed by atoms with van der Waals surface area (Å²) in [7, 11) is 0. The SMILES string of the molecule is Cc1nn(-c2ccccc2)c(C)c1CC(=O)N1CCC2(CCNC2)CC1. The lowest BCUT2D eigenvalue weighted by Crippen LogP contribution is -2.44. The van der Waals surface area contributed by atoms with E-state index in [0.29, 0.717) is 11.8 Å². The molecule has 0 aliphatic carbocycles. The van der Waals surface area contributed by atoms with Gasteiger partial charge in [0.1, 0.15) is 0 Å². The van der Waals surface area contributed by atoms with Crippen LogP contribution in [-0.2, 0) is 11.2 Å². The zero-order chi connectivity index (χ0) is 18.1. The molecule has 0 saturated carbocycles. The molecule has 1 N–H and O–H groups in total. The van der Waals surface area contributed by atoms with E-state index in [0.717, 1.165) is 61.7 Å². The topological polar surface area (TPSA) is 50.2 Å². The van der Waals surface area contributed by atoms with Crippen LogP contribution in [0, 0.1) is 19.3 Å². The number of likely N-dealkylation sites (tertiary alicyclic amines) is 1. The maximum Gasteiger partial charge on any atom is 0.227 e. The van der Waals surface area contributed by atoms with Crippen LogP contribution in [-0.4, -0.2) is 46.8 Å². The molecule has 138 valence electrons. The Bertz CT molecular complexity index is 780. The molecule has 2 fully saturated rings. The molecule has 5 nitrogen and oxygen atoms in total. The molecular weight excluding hydrogens is 324 g/mol. The van der Waals surface area contributed by atoms with Crippen molar-refractivity contribution in [2.45, 2.75) is 39.5 Å². The van der Waals surface area contributed by atoms with Crippen LogP contribution in [0.15, 0.2) is 30.3 Å². The van der Waals surface area contributed by atoms with Crippen molar-refractivity contribution < 1.29 is 4.79 Å². The van der Waals surface area contributed by atoms with Gasteiger partial charge in [0.2, 0.25) is 5.91 Å². The molecule has 1 aromatic carbocycles. The molecule has 0 bridgehead atoms. The van der Waals surface area contributed by atoms with Crippen LogP contribution in [0.5, 0.6) is 0 Å². The molecule has 0 atom stereocenters. The fourth-order valence-electron chi connectivity index (χ4n) is 4.47. The van der Waals surface area contributed by atoms with Crippen LogP contribution in [0.4, 0.5) is 0 Å². The summed E-state index contributed by atoms with van der Waals surface area (Å²) in [5.74, 6) is 0.240. The zero-order valence-corrected chi connectivity index (χ0v) is 15.8. The molecule has 2 saturated heterocycles. The van der Waals surface area contributed by atoms with Gasteiger partial charge < -0.3 is 10.2 Å². The lowest BCUT2D eigenvalue weighted by atomic mass is 9.78. The number of para-hydroxylation sites is 1. The summed E-state index contributed by atoms with van der Waals surface area (Å²) in [6, 6.07) is 10.1. The van der Waals surface area contributed by atoms with E-state index in [1.54, 1.807) is 0 Å². The standard InChI is InChI=1S/C21H28N4O/c1-16-19(17(2)25(23-16)18-6-4-3-5-7-18)14-20(26)24-12-9-21(10-13-24)8-11-22-15-21/h3-7,22H,8-15H2,1-2H3. The molecule has 1 spiro atoms. The Morgan fingerprint density at radius 1 is 1.15 bits per heavy atom. The first kappa shape index (κ1) is 17.3. The Morgan fingerprint density at radius 2 is 1.88 bits per heavy atom. The van der Waals surface area contributed by atoms with E-state index in [2.05, 4.69) is 22.2 Å². The first-order valence-electron chi connectivity index (χ1n) is 9.67. The minimum atomic E-state index is 0.240. The second kappa shape index (κ2) is 6.88. The Kier molecular flexibility index (Phi) is 4.57.